The molecule has 2 heterocycles. The predicted molar refractivity (Wildman–Crippen MR) is 104 cm³/mol. The van der Waals surface area contributed by atoms with Gasteiger partial charge >= 0.3 is 0 Å². The molecule has 0 spiro atoms. The molecule has 0 atom stereocenters. The van der Waals surface area contributed by atoms with Gasteiger partial charge in [-0.1, -0.05) is 22.9 Å². The standard InChI is InChI=1S/C18H21ClN4O2S/c1-4-25-10-9-22-14-6-5-13(19)11-16(14)26-18(22)21-17(24)15-7-8-20-23(15)12(2)3/h5-8,11-12H,4,9-10H2,1-3H3. The van der Waals surface area contributed by atoms with Crippen LogP contribution in [-0.4, -0.2) is 33.5 Å². The van der Waals surface area contributed by atoms with Crippen molar-refractivity contribution in [1.29, 1.82) is 0 Å². The van der Waals surface area contributed by atoms with Crippen LogP contribution in [0.4, 0.5) is 0 Å². The van der Waals surface area contributed by atoms with Crippen molar-refractivity contribution >= 4 is 39.1 Å². The average molecular weight is 393 g/mol. The molecule has 0 N–H and O–H groups in total. The maximum absolute atomic E-state index is 12.7. The van der Waals surface area contributed by atoms with E-state index in [1.165, 1.54) is 11.3 Å². The van der Waals surface area contributed by atoms with Gasteiger partial charge in [0.2, 0.25) is 0 Å². The lowest BCUT2D eigenvalue weighted by Crippen LogP contribution is -2.21. The molecule has 1 aromatic carbocycles. The van der Waals surface area contributed by atoms with E-state index in [4.69, 9.17) is 16.3 Å². The third-order valence-corrected chi connectivity index (χ3v) is 5.16. The molecule has 138 valence electrons. The van der Waals surface area contributed by atoms with Gasteiger partial charge in [0, 0.05) is 30.4 Å². The predicted octanol–water partition coefficient (Wildman–Crippen LogP) is 3.91. The maximum Gasteiger partial charge on any atom is 0.297 e. The van der Waals surface area contributed by atoms with Crippen LogP contribution in [0.3, 0.4) is 0 Å². The van der Waals surface area contributed by atoms with Crippen LogP contribution in [0.5, 0.6) is 0 Å². The fourth-order valence-electron chi connectivity index (χ4n) is 2.69. The number of halogens is 1. The number of amides is 1. The number of thiazole rings is 1. The van der Waals surface area contributed by atoms with Crippen molar-refractivity contribution < 1.29 is 9.53 Å². The first kappa shape index (κ1) is 18.8. The van der Waals surface area contributed by atoms with Gasteiger partial charge in [-0.2, -0.15) is 10.1 Å². The van der Waals surface area contributed by atoms with Crippen LogP contribution in [0.15, 0.2) is 35.5 Å². The van der Waals surface area contributed by atoms with Gasteiger partial charge in [0.05, 0.1) is 16.8 Å². The van der Waals surface area contributed by atoms with Gasteiger partial charge in [-0.15, -0.1) is 0 Å². The summed E-state index contributed by atoms with van der Waals surface area (Å²) in [6.45, 7) is 7.73. The number of hydrogen-bond donors (Lipinski definition) is 0. The highest BCUT2D eigenvalue weighted by Gasteiger charge is 2.15. The zero-order valence-corrected chi connectivity index (χ0v) is 16.5. The molecule has 0 radical (unpaired) electrons. The van der Waals surface area contributed by atoms with Gasteiger partial charge in [0.15, 0.2) is 4.80 Å². The van der Waals surface area contributed by atoms with Crippen molar-refractivity contribution in [3.05, 3.63) is 46.0 Å². The fourth-order valence-corrected chi connectivity index (χ4v) is 4.02. The molecule has 0 fully saturated rings. The van der Waals surface area contributed by atoms with E-state index >= 15 is 0 Å². The molecule has 0 saturated heterocycles. The first-order valence-electron chi connectivity index (χ1n) is 8.50. The molecular formula is C18H21ClN4O2S. The van der Waals surface area contributed by atoms with Gasteiger partial charge in [-0.25, -0.2) is 0 Å². The summed E-state index contributed by atoms with van der Waals surface area (Å²) in [4.78, 5) is 17.7. The molecule has 3 rings (SSSR count). The Labute approximate surface area is 160 Å². The number of benzene rings is 1. The van der Waals surface area contributed by atoms with Crippen LogP contribution in [-0.2, 0) is 11.3 Å². The number of aromatic nitrogens is 3. The Morgan fingerprint density at radius 1 is 1.38 bits per heavy atom. The highest BCUT2D eigenvalue weighted by molar-refractivity contribution is 7.16. The van der Waals surface area contributed by atoms with E-state index < -0.39 is 0 Å². The largest absolute Gasteiger partial charge is 0.380 e. The Hall–Kier alpha value is -1.96. The maximum atomic E-state index is 12.7. The summed E-state index contributed by atoms with van der Waals surface area (Å²) in [6.07, 6.45) is 1.62. The molecule has 2 aromatic heterocycles. The average Bonchev–Trinajstić information content (AvgIpc) is 3.20. The van der Waals surface area contributed by atoms with E-state index in [-0.39, 0.29) is 11.9 Å². The Bertz CT molecular complexity index is 987. The number of carbonyl (C=O) groups is 1. The van der Waals surface area contributed by atoms with Crippen LogP contribution in [0.2, 0.25) is 5.02 Å². The second kappa shape index (κ2) is 8.16. The second-order valence-corrected chi connectivity index (χ2v) is 7.46. The Balaban J connectivity index is 2.07. The first-order chi connectivity index (χ1) is 12.5. The number of nitrogens with zero attached hydrogens (tertiary/aromatic N) is 4. The van der Waals surface area contributed by atoms with Crippen molar-refractivity contribution in [3.63, 3.8) is 0 Å². The molecule has 0 bridgehead atoms. The van der Waals surface area contributed by atoms with E-state index in [1.807, 2.05) is 43.5 Å². The number of ether oxygens (including phenoxy) is 1. The summed E-state index contributed by atoms with van der Waals surface area (Å²) in [5.74, 6) is -0.306. The Kier molecular flexibility index (Phi) is 5.90. The van der Waals surface area contributed by atoms with Gasteiger partial charge in [0.1, 0.15) is 5.69 Å². The summed E-state index contributed by atoms with van der Waals surface area (Å²) >= 11 is 7.55. The molecular weight excluding hydrogens is 372 g/mol. The number of carbonyl (C=O) groups excluding carboxylic acids is 1. The van der Waals surface area contributed by atoms with E-state index in [9.17, 15) is 4.79 Å². The molecule has 0 aliphatic rings. The van der Waals surface area contributed by atoms with Gasteiger partial charge in [-0.3, -0.25) is 9.48 Å². The third kappa shape index (κ3) is 3.90. The molecule has 8 heteroatoms. The molecule has 26 heavy (non-hydrogen) atoms. The second-order valence-electron chi connectivity index (χ2n) is 6.02. The summed E-state index contributed by atoms with van der Waals surface area (Å²) in [6, 6.07) is 7.46. The van der Waals surface area contributed by atoms with E-state index in [0.717, 1.165) is 10.2 Å². The molecule has 0 saturated carbocycles. The minimum absolute atomic E-state index is 0.0884. The number of hydrogen-bond acceptors (Lipinski definition) is 4. The van der Waals surface area contributed by atoms with Gasteiger partial charge in [-0.05, 0) is 45.0 Å². The Morgan fingerprint density at radius 2 is 2.19 bits per heavy atom. The molecule has 0 aliphatic carbocycles. The highest BCUT2D eigenvalue weighted by Crippen LogP contribution is 2.22. The van der Waals surface area contributed by atoms with Crippen LogP contribution in [0, 0.1) is 0 Å². The minimum atomic E-state index is -0.306. The molecule has 0 aliphatic heterocycles. The van der Waals surface area contributed by atoms with Gasteiger partial charge in [0.25, 0.3) is 5.91 Å². The number of rotatable bonds is 6. The number of fused-ring (bicyclic) bond motifs is 1. The van der Waals surface area contributed by atoms with Crippen molar-refractivity contribution in [1.82, 2.24) is 14.3 Å². The summed E-state index contributed by atoms with van der Waals surface area (Å²) in [7, 11) is 0. The van der Waals surface area contributed by atoms with Gasteiger partial charge < -0.3 is 9.30 Å². The fraction of sp³-hybridized carbons (Fsp3) is 0.389. The van der Waals surface area contributed by atoms with Crippen molar-refractivity contribution in [2.24, 2.45) is 4.99 Å². The van der Waals surface area contributed by atoms with Crippen LogP contribution >= 0.6 is 22.9 Å². The smallest absolute Gasteiger partial charge is 0.297 e. The van der Waals surface area contributed by atoms with E-state index in [2.05, 4.69) is 10.1 Å². The quantitative estimate of drug-likeness (QED) is 0.597. The molecule has 1 amide bonds. The van der Waals surface area contributed by atoms with Crippen LogP contribution in [0.25, 0.3) is 10.2 Å². The van der Waals surface area contributed by atoms with E-state index in [1.54, 1.807) is 16.9 Å². The zero-order chi connectivity index (χ0) is 18.7. The van der Waals surface area contributed by atoms with Crippen molar-refractivity contribution in [3.8, 4) is 0 Å². The SMILES string of the molecule is CCOCCn1c(=NC(=O)c2ccnn2C(C)C)sc2cc(Cl)ccc21. The Morgan fingerprint density at radius 3 is 2.92 bits per heavy atom. The van der Waals surface area contributed by atoms with Crippen molar-refractivity contribution in [2.45, 2.75) is 33.4 Å². The molecule has 3 aromatic rings. The van der Waals surface area contributed by atoms with Crippen molar-refractivity contribution in [2.75, 3.05) is 13.2 Å². The minimum Gasteiger partial charge on any atom is -0.380 e. The summed E-state index contributed by atoms with van der Waals surface area (Å²) in [5.41, 5.74) is 1.47. The third-order valence-electron chi connectivity index (χ3n) is 3.88. The summed E-state index contributed by atoms with van der Waals surface area (Å²) in [5, 5.41) is 4.87. The summed E-state index contributed by atoms with van der Waals surface area (Å²) < 4.78 is 10.1. The molecule has 0 unspecified atom stereocenters. The topological polar surface area (TPSA) is 61.4 Å². The van der Waals surface area contributed by atoms with Crippen LogP contribution in [0.1, 0.15) is 37.3 Å². The lowest BCUT2D eigenvalue weighted by Gasteiger charge is -2.08. The lowest BCUT2D eigenvalue weighted by atomic mass is 10.3. The lowest BCUT2D eigenvalue weighted by molar-refractivity contribution is 0.0984. The monoisotopic (exact) mass is 392 g/mol. The molecule has 6 nitrogen and oxygen atoms in total. The first-order valence-corrected chi connectivity index (χ1v) is 9.70. The van der Waals surface area contributed by atoms with Crippen LogP contribution < -0.4 is 4.80 Å². The highest BCUT2D eigenvalue weighted by atomic mass is 35.5. The van der Waals surface area contributed by atoms with E-state index in [0.29, 0.717) is 35.3 Å². The normalized spacial score (nSPS) is 12.4. The zero-order valence-electron chi connectivity index (χ0n) is 15.0.